The van der Waals surface area contributed by atoms with Crippen LogP contribution in [0.3, 0.4) is 0 Å². The van der Waals surface area contributed by atoms with Crippen molar-refractivity contribution < 1.29 is 91.2 Å². The SMILES string of the molecule is CCCCC1NC(=O)C(NC(=O)OCC2c3ccccc3-c3ccccc32)CCCCNC1=O.CCCC[C@H](C)C(=O)ON1C(=O)CCC1=O.C[C@@H](CCCNC(=O)OCc1ccccc1)C(=O)CCCCCC(NC(=O)OCC1c2ccccc2-c2ccccc21)C(=O)O.NC(Cl)=NCCCC1NC(=O)C(NC(=O)OCC2c3ccccc3-c3ccccc32)CCCCNC1=O. The monoisotopic (exact) mass is 1830 g/mol. The van der Waals surface area contributed by atoms with Crippen LogP contribution in [0.5, 0.6) is 0 Å². The van der Waals surface area contributed by atoms with Gasteiger partial charge in [-0.2, -0.15) is 0 Å². The highest BCUT2D eigenvalue weighted by atomic mass is 35.5. The van der Waals surface area contributed by atoms with Gasteiger partial charge in [0.15, 0.2) is 5.29 Å². The van der Waals surface area contributed by atoms with Gasteiger partial charge in [0.05, 0.1) is 5.92 Å². The first-order valence-corrected chi connectivity index (χ1v) is 46.5. The van der Waals surface area contributed by atoms with Crippen molar-refractivity contribution in [2.24, 2.45) is 22.6 Å². The fraction of sp³-hybridized carbons (Fsp3) is 0.446. The number of carboxylic acid groups (broad SMARTS) is 1. The quantitative estimate of drug-likeness (QED) is 0.00440. The number of amides is 10. The van der Waals surface area contributed by atoms with Gasteiger partial charge in [-0.15, -0.1) is 5.06 Å². The molecular formula is C101H124ClN11O19. The maximum absolute atomic E-state index is 13.0. The van der Waals surface area contributed by atoms with Crippen molar-refractivity contribution >= 4 is 94.4 Å². The predicted molar refractivity (Wildman–Crippen MR) is 499 cm³/mol. The topological polar surface area (TPSA) is 426 Å². The molecule has 13 rings (SSSR count). The second-order valence-corrected chi connectivity index (χ2v) is 34.1. The van der Waals surface area contributed by atoms with Crippen molar-refractivity contribution in [1.29, 1.82) is 0 Å². The van der Waals surface area contributed by atoms with E-state index in [0.717, 1.165) is 104 Å². The van der Waals surface area contributed by atoms with Crippen molar-refractivity contribution in [1.82, 2.24) is 47.6 Å². The third-order valence-electron chi connectivity index (χ3n) is 24.1. The molecule has 3 saturated heterocycles. The Hall–Kier alpha value is -13.0. The van der Waals surface area contributed by atoms with Gasteiger partial charge < -0.3 is 77.2 Å². The number of halogens is 1. The third-order valence-corrected chi connectivity index (χ3v) is 24.3. The number of amidine groups is 1. The van der Waals surface area contributed by atoms with E-state index >= 15 is 0 Å². The number of carbonyl (C=O) groups excluding carboxylic acids is 12. The van der Waals surface area contributed by atoms with Gasteiger partial charge in [-0.25, -0.2) is 28.8 Å². The highest BCUT2D eigenvalue weighted by molar-refractivity contribution is 6.64. The Balaban J connectivity index is 0.000000191. The zero-order chi connectivity index (χ0) is 94.3. The van der Waals surface area contributed by atoms with E-state index < -0.39 is 84.2 Å². The Labute approximate surface area is 775 Å². The summed E-state index contributed by atoms with van der Waals surface area (Å²) in [6.07, 6.45) is 11.2. The number of imide groups is 1. The molecule has 6 aliphatic rings. The van der Waals surface area contributed by atoms with Crippen LogP contribution >= 0.6 is 11.6 Å². The fourth-order valence-electron chi connectivity index (χ4n) is 16.8. The Kier molecular flexibility index (Phi) is 40.4. The second kappa shape index (κ2) is 52.8. The summed E-state index contributed by atoms with van der Waals surface area (Å²) in [6.45, 7) is 10.2. The lowest BCUT2D eigenvalue weighted by molar-refractivity contribution is -0.200. The molecule has 7 atom stereocenters. The first-order chi connectivity index (χ1) is 63.9. The lowest BCUT2D eigenvalue weighted by Crippen LogP contribution is -2.54. The molecule has 132 heavy (non-hydrogen) atoms. The molecule has 30 nitrogen and oxygen atoms in total. The largest absolute Gasteiger partial charge is 0.480 e. The van der Waals surface area contributed by atoms with Gasteiger partial charge in [0, 0.05) is 69.1 Å². The number of carboxylic acids is 1. The number of Topliss-reactive ketones (excluding diaryl/α,β-unsaturated/α-hetero) is 1. The number of ketones is 1. The summed E-state index contributed by atoms with van der Waals surface area (Å²) < 4.78 is 21.9. The average molecular weight is 1830 g/mol. The summed E-state index contributed by atoms with van der Waals surface area (Å²) >= 11 is 5.55. The van der Waals surface area contributed by atoms with Gasteiger partial charge in [-0.05, 0) is 174 Å². The number of fused-ring (bicyclic) bond motifs is 9. The molecule has 3 aliphatic heterocycles. The molecule has 11 N–H and O–H groups in total. The second-order valence-electron chi connectivity index (χ2n) is 33.7. The standard InChI is InChI=1S/C36H42N2O7.C27H32ClN5O4.C27H33N3O4.C11H17NO4/c1-25(13-12-22-37-35(42)44-23-26-14-4-2-5-15-26)33(39)21-7-3-6-20-32(34(40)41)38-36(43)45-24-31-29-18-10-8-16-27(29)28-17-9-11-19-30(28)31;28-26(29)31-15-7-13-22-24(34)30-14-6-5-12-23(25(35)32-22)33-27(36)37-16-21-19-10-3-1-8-17(19)18-9-2-4-11-20(18)21;1-2-3-14-23-25(31)28-16-9-8-15-24(26(32)29-23)30-27(33)34-17-22-20-12-6-4-10-18(20)19-11-5-7-13-21(19)22;1-3-4-5-8(2)11(15)16-12-9(13)6-7-10(12)14/h2,4-5,8-11,14-19,25,31-32H,3,6-7,12-13,20-24H2,1H3,(H,37,42)(H,38,43)(H,40,41);1-4,8-11,21-23H,5-7,12-16H2,(H2,29,31)(H,30,34)(H,32,35)(H,33,36);4-7,10-13,22-24H,2-3,8-9,14-17H2,1H3,(H,28,31)(H,29,32)(H,30,33);8H,3-7H2,1-2H3/t25-,32?;;;8-/m0..0/s1. The van der Waals surface area contributed by atoms with Gasteiger partial charge in [0.1, 0.15) is 62.4 Å². The first kappa shape index (κ1) is 101. The van der Waals surface area contributed by atoms with E-state index in [1.165, 1.54) is 0 Å². The van der Waals surface area contributed by atoms with E-state index in [1.54, 1.807) is 6.92 Å². The van der Waals surface area contributed by atoms with Crippen molar-refractivity contribution in [3.05, 3.63) is 215 Å². The van der Waals surface area contributed by atoms with Crippen molar-refractivity contribution in [3.8, 4) is 33.4 Å². The molecule has 3 fully saturated rings. The van der Waals surface area contributed by atoms with Crippen LogP contribution in [0.4, 0.5) is 19.2 Å². The molecule has 0 radical (unpaired) electrons. The van der Waals surface area contributed by atoms with Crippen molar-refractivity contribution in [2.75, 3.05) is 46.0 Å². The summed E-state index contributed by atoms with van der Waals surface area (Å²) in [7, 11) is 0. The molecule has 7 aromatic rings. The highest BCUT2D eigenvalue weighted by Gasteiger charge is 2.38. The van der Waals surface area contributed by atoms with Crippen LogP contribution in [-0.2, 0) is 73.5 Å². The molecule has 0 saturated carbocycles. The minimum Gasteiger partial charge on any atom is -0.480 e. The Morgan fingerprint density at radius 2 is 0.894 bits per heavy atom. The van der Waals surface area contributed by atoms with Crippen LogP contribution in [0.25, 0.3) is 33.4 Å². The number of aliphatic carboxylic acids is 1. The molecule has 0 spiro atoms. The summed E-state index contributed by atoms with van der Waals surface area (Å²) in [4.78, 5) is 168. The van der Waals surface area contributed by atoms with E-state index in [1.807, 2.05) is 148 Å². The predicted octanol–water partition coefficient (Wildman–Crippen LogP) is 15.1. The number of ether oxygens (including phenoxy) is 4. The number of hydrogen-bond acceptors (Lipinski definition) is 19. The van der Waals surface area contributed by atoms with E-state index in [0.29, 0.717) is 128 Å². The number of alkyl carbamates (subject to hydrolysis) is 4. The molecular weight excluding hydrogens is 1710 g/mol. The van der Waals surface area contributed by atoms with Crippen molar-refractivity contribution in [2.45, 2.75) is 230 Å². The molecule has 704 valence electrons. The number of rotatable bonds is 35. The molecule has 0 bridgehead atoms. The van der Waals surface area contributed by atoms with Crippen LogP contribution in [0, 0.1) is 11.8 Å². The maximum Gasteiger partial charge on any atom is 0.407 e. The Morgan fingerprint density at radius 1 is 0.477 bits per heavy atom. The number of aliphatic imine (C=N–C) groups is 1. The normalized spacial score (nSPS) is 17.6. The number of nitrogens with two attached hydrogens (primary N) is 1. The zero-order valence-electron chi connectivity index (χ0n) is 75.6. The summed E-state index contributed by atoms with van der Waals surface area (Å²) in [5.41, 5.74) is 19.8. The van der Waals surface area contributed by atoms with E-state index in [9.17, 15) is 67.4 Å². The third kappa shape index (κ3) is 30.3. The number of hydroxylamine groups is 2. The Morgan fingerprint density at radius 3 is 1.33 bits per heavy atom. The lowest BCUT2D eigenvalue weighted by Gasteiger charge is -2.25. The van der Waals surface area contributed by atoms with Gasteiger partial charge in [0.2, 0.25) is 23.6 Å². The van der Waals surface area contributed by atoms with Gasteiger partial charge >= 0.3 is 36.3 Å². The number of hydrogen-bond donors (Lipinski definition) is 10. The highest BCUT2D eigenvalue weighted by Crippen LogP contribution is 2.47. The van der Waals surface area contributed by atoms with Crippen LogP contribution in [-0.4, -0.2) is 169 Å². The van der Waals surface area contributed by atoms with Crippen LogP contribution in [0.2, 0.25) is 0 Å². The summed E-state index contributed by atoms with van der Waals surface area (Å²) in [6, 6.07) is 54.0. The van der Waals surface area contributed by atoms with E-state index in [-0.39, 0.29) is 104 Å². The lowest BCUT2D eigenvalue weighted by atomic mass is 9.96. The number of nitrogens with one attached hydrogen (secondary N) is 8. The molecule has 5 unspecified atom stereocenters. The average Bonchev–Trinajstić information content (AvgIpc) is 1.63. The van der Waals surface area contributed by atoms with Crippen LogP contribution in [0.1, 0.15) is 232 Å². The molecule has 7 aromatic carbocycles. The van der Waals surface area contributed by atoms with Crippen LogP contribution in [0.15, 0.2) is 181 Å². The molecule has 3 heterocycles. The number of carbonyl (C=O) groups is 13. The summed E-state index contributed by atoms with van der Waals surface area (Å²) in [5, 5.41) is 32.2. The Bertz CT molecular complexity index is 4970. The number of nitrogens with zero attached hydrogens (tertiary/aromatic N) is 2. The minimum absolute atomic E-state index is 0.0434. The number of unbranched alkanes of at least 4 members (excludes halogenated alkanes) is 4. The van der Waals surface area contributed by atoms with Gasteiger partial charge in [-0.3, -0.25) is 38.6 Å². The van der Waals surface area contributed by atoms with E-state index in [2.05, 4.69) is 96.1 Å². The molecule has 10 amide bonds. The maximum atomic E-state index is 13.0. The summed E-state index contributed by atoms with van der Waals surface area (Å²) in [5.74, 6) is -4.16. The molecule has 3 aliphatic carbocycles. The fourth-order valence-corrected chi connectivity index (χ4v) is 16.9. The first-order valence-electron chi connectivity index (χ1n) is 46.1. The minimum atomic E-state index is -1.12. The zero-order valence-corrected chi connectivity index (χ0v) is 76.3. The van der Waals surface area contributed by atoms with Crippen LogP contribution < -0.4 is 48.3 Å². The van der Waals surface area contributed by atoms with E-state index in [4.69, 9.17) is 41.1 Å². The molecule has 0 aromatic heterocycles. The number of benzene rings is 7. The molecule has 31 heteroatoms. The smallest absolute Gasteiger partial charge is 0.407 e. The van der Waals surface area contributed by atoms with Crippen molar-refractivity contribution in [3.63, 3.8) is 0 Å². The van der Waals surface area contributed by atoms with Gasteiger partial charge in [-0.1, -0.05) is 242 Å². The van der Waals surface area contributed by atoms with Gasteiger partial charge in [0.25, 0.3) is 11.8 Å².